The first-order valence-corrected chi connectivity index (χ1v) is 5.92. The Morgan fingerprint density at radius 3 is 2.71 bits per heavy atom. The minimum atomic E-state index is -1.13. The number of carbonyl (C=O) groups is 1. The lowest BCUT2D eigenvalue weighted by atomic mass is 10.2. The Bertz CT molecular complexity index is 358. The molecule has 1 aromatic rings. The van der Waals surface area contributed by atoms with Crippen molar-refractivity contribution in [2.75, 3.05) is 7.11 Å². The monoisotopic (exact) mass is 240 g/mol. The van der Waals surface area contributed by atoms with E-state index in [1.54, 1.807) is 0 Å². The lowest BCUT2D eigenvalue weighted by Crippen LogP contribution is -2.24. The van der Waals surface area contributed by atoms with Gasteiger partial charge in [0, 0.05) is 12.6 Å². The molecule has 0 radical (unpaired) electrons. The predicted molar refractivity (Wildman–Crippen MR) is 63.6 cm³/mol. The minimum absolute atomic E-state index is 0.194. The molecule has 17 heavy (non-hydrogen) atoms. The van der Waals surface area contributed by atoms with Crippen LogP contribution in [0.3, 0.4) is 0 Å². The van der Waals surface area contributed by atoms with Crippen LogP contribution in [0.4, 0.5) is 0 Å². The molecule has 1 aromatic heterocycles. The van der Waals surface area contributed by atoms with Gasteiger partial charge in [0.15, 0.2) is 6.10 Å². The van der Waals surface area contributed by atoms with E-state index >= 15 is 0 Å². The van der Waals surface area contributed by atoms with Crippen LogP contribution >= 0.6 is 0 Å². The van der Waals surface area contributed by atoms with Crippen LogP contribution in [0.1, 0.15) is 38.4 Å². The summed E-state index contributed by atoms with van der Waals surface area (Å²) in [7, 11) is 1.26. The van der Waals surface area contributed by atoms with Gasteiger partial charge in [-0.2, -0.15) is 5.10 Å². The second kappa shape index (κ2) is 6.39. The summed E-state index contributed by atoms with van der Waals surface area (Å²) in [5.74, 6) is -0.623. The SMILES string of the molecule is CCC(CC)n1ccc(CC(O)C(=O)OC)n1. The van der Waals surface area contributed by atoms with E-state index in [0.717, 1.165) is 12.8 Å². The van der Waals surface area contributed by atoms with Crippen molar-refractivity contribution in [2.24, 2.45) is 0 Å². The van der Waals surface area contributed by atoms with E-state index in [4.69, 9.17) is 0 Å². The fraction of sp³-hybridized carbons (Fsp3) is 0.667. The van der Waals surface area contributed by atoms with Crippen molar-refractivity contribution in [1.29, 1.82) is 0 Å². The highest BCUT2D eigenvalue weighted by Crippen LogP contribution is 2.15. The highest BCUT2D eigenvalue weighted by Gasteiger charge is 2.18. The molecular formula is C12H20N2O3. The molecule has 5 heteroatoms. The molecule has 5 nitrogen and oxygen atoms in total. The normalized spacial score (nSPS) is 12.8. The van der Waals surface area contributed by atoms with Crippen LogP contribution in [0.5, 0.6) is 0 Å². The average molecular weight is 240 g/mol. The molecule has 0 aromatic carbocycles. The zero-order valence-electron chi connectivity index (χ0n) is 10.6. The smallest absolute Gasteiger partial charge is 0.335 e. The number of esters is 1. The Kier molecular flexibility index (Phi) is 5.15. The highest BCUT2D eigenvalue weighted by molar-refractivity contribution is 5.74. The van der Waals surface area contributed by atoms with Crippen molar-refractivity contribution in [2.45, 2.75) is 45.3 Å². The lowest BCUT2D eigenvalue weighted by molar-refractivity contribution is -0.150. The van der Waals surface area contributed by atoms with E-state index in [0.29, 0.717) is 11.7 Å². The number of ether oxygens (including phenoxy) is 1. The molecule has 0 spiro atoms. The largest absolute Gasteiger partial charge is 0.467 e. The molecule has 1 rings (SSSR count). The van der Waals surface area contributed by atoms with E-state index in [1.807, 2.05) is 16.9 Å². The molecule has 1 atom stereocenters. The molecule has 1 N–H and O–H groups in total. The number of nitrogens with zero attached hydrogens (tertiary/aromatic N) is 2. The maximum absolute atomic E-state index is 11.1. The van der Waals surface area contributed by atoms with Crippen LogP contribution in [0.2, 0.25) is 0 Å². The summed E-state index contributed by atoms with van der Waals surface area (Å²) in [6.07, 6.45) is 2.97. The molecule has 0 saturated heterocycles. The third kappa shape index (κ3) is 3.56. The molecule has 0 aliphatic heterocycles. The van der Waals surface area contributed by atoms with Gasteiger partial charge in [-0.1, -0.05) is 13.8 Å². The number of methoxy groups -OCH3 is 1. The van der Waals surface area contributed by atoms with E-state index < -0.39 is 12.1 Å². The fourth-order valence-electron chi connectivity index (χ4n) is 1.77. The Labute approximate surface area is 101 Å². The summed E-state index contributed by atoms with van der Waals surface area (Å²) in [4.78, 5) is 11.1. The number of carbonyl (C=O) groups excluding carboxylic acids is 1. The van der Waals surface area contributed by atoms with E-state index in [-0.39, 0.29) is 6.42 Å². The summed E-state index contributed by atoms with van der Waals surface area (Å²) in [5, 5.41) is 13.9. The van der Waals surface area contributed by atoms with Gasteiger partial charge in [-0.3, -0.25) is 4.68 Å². The quantitative estimate of drug-likeness (QED) is 0.762. The van der Waals surface area contributed by atoms with E-state index in [2.05, 4.69) is 23.7 Å². The summed E-state index contributed by atoms with van der Waals surface area (Å²) in [6, 6.07) is 2.20. The second-order valence-corrected chi connectivity index (χ2v) is 4.00. The molecule has 0 aliphatic carbocycles. The van der Waals surface area contributed by atoms with Gasteiger partial charge in [-0.15, -0.1) is 0 Å². The molecule has 0 amide bonds. The van der Waals surface area contributed by atoms with Gasteiger partial charge < -0.3 is 9.84 Å². The van der Waals surface area contributed by atoms with Crippen LogP contribution in [0, 0.1) is 0 Å². The second-order valence-electron chi connectivity index (χ2n) is 4.00. The van der Waals surface area contributed by atoms with Gasteiger partial charge in [0.05, 0.1) is 18.8 Å². The number of hydrogen-bond acceptors (Lipinski definition) is 4. The van der Waals surface area contributed by atoms with Gasteiger partial charge in [0.25, 0.3) is 0 Å². The third-order valence-electron chi connectivity index (χ3n) is 2.86. The molecule has 0 aliphatic rings. The first kappa shape index (κ1) is 13.7. The Morgan fingerprint density at radius 2 is 2.18 bits per heavy atom. The summed E-state index contributed by atoms with van der Waals surface area (Å²) >= 11 is 0. The minimum Gasteiger partial charge on any atom is -0.467 e. The topological polar surface area (TPSA) is 64.4 Å². The van der Waals surface area contributed by atoms with E-state index in [9.17, 15) is 9.90 Å². The number of hydrogen-bond donors (Lipinski definition) is 1. The zero-order valence-corrected chi connectivity index (χ0v) is 10.6. The highest BCUT2D eigenvalue weighted by atomic mass is 16.5. The standard InChI is InChI=1S/C12H20N2O3/c1-4-10(5-2)14-7-6-9(13-14)8-11(15)12(16)17-3/h6-7,10-11,15H,4-5,8H2,1-3H3. The van der Waals surface area contributed by atoms with Crippen molar-refractivity contribution in [3.05, 3.63) is 18.0 Å². The third-order valence-corrected chi connectivity index (χ3v) is 2.86. The summed E-state index contributed by atoms with van der Waals surface area (Å²) < 4.78 is 6.35. The van der Waals surface area contributed by atoms with Crippen LogP contribution < -0.4 is 0 Å². The first-order valence-electron chi connectivity index (χ1n) is 5.92. The van der Waals surface area contributed by atoms with Gasteiger partial charge in [0.1, 0.15) is 0 Å². The maximum atomic E-state index is 11.1. The van der Waals surface area contributed by atoms with Crippen molar-refractivity contribution in [3.8, 4) is 0 Å². The van der Waals surface area contributed by atoms with Gasteiger partial charge in [-0.25, -0.2) is 4.79 Å². The van der Waals surface area contributed by atoms with E-state index in [1.165, 1.54) is 7.11 Å². The van der Waals surface area contributed by atoms with Crippen molar-refractivity contribution >= 4 is 5.97 Å². The Morgan fingerprint density at radius 1 is 1.53 bits per heavy atom. The zero-order chi connectivity index (χ0) is 12.8. The van der Waals surface area contributed by atoms with Crippen LogP contribution in [0.15, 0.2) is 12.3 Å². The van der Waals surface area contributed by atoms with Crippen LogP contribution in [-0.2, 0) is 16.0 Å². The fourth-order valence-corrected chi connectivity index (χ4v) is 1.77. The van der Waals surface area contributed by atoms with Crippen LogP contribution in [0.25, 0.3) is 0 Å². The van der Waals surface area contributed by atoms with Crippen molar-refractivity contribution in [1.82, 2.24) is 9.78 Å². The average Bonchev–Trinajstić information content (AvgIpc) is 2.78. The summed E-state index contributed by atoms with van der Waals surface area (Å²) in [6.45, 7) is 4.22. The van der Waals surface area contributed by atoms with Gasteiger partial charge in [-0.05, 0) is 18.9 Å². The maximum Gasteiger partial charge on any atom is 0.335 e. The molecule has 96 valence electrons. The number of aliphatic hydroxyl groups excluding tert-OH is 1. The number of rotatable bonds is 6. The Balaban J connectivity index is 2.65. The molecular weight excluding hydrogens is 220 g/mol. The van der Waals surface area contributed by atoms with Crippen LogP contribution in [-0.4, -0.2) is 34.1 Å². The molecule has 1 heterocycles. The van der Waals surface area contributed by atoms with Crippen molar-refractivity contribution in [3.63, 3.8) is 0 Å². The lowest BCUT2D eigenvalue weighted by Gasteiger charge is -2.12. The molecule has 1 unspecified atom stereocenters. The molecule has 0 fully saturated rings. The molecule has 0 saturated carbocycles. The first-order chi connectivity index (χ1) is 8.12. The Hall–Kier alpha value is -1.36. The van der Waals surface area contributed by atoms with Crippen molar-refractivity contribution < 1.29 is 14.6 Å². The summed E-state index contributed by atoms with van der Waals surface area (Å²) in [5.41, 5.74) is 0.704. The van der Waals surface area contributed by atoms with Gasteiger partial charge >= 0.3 is 5.97 Å². The van der Waals surface area contributed by atoms with Gasteiger partial charge in [0.2, 0.25) is 0 Å². The predicted octanol–water partition coefficient (Wildman–Crippen LogP) is 1.32. The molecule has 0 bridgehead atoms. The number of aliphatic hydroxyl groups is 1. The number of aromatic nitrogens is 2.